The Kier molecular flexibility index (Phi) is 8.40. The maximum atomic E-state index is 2.68. The molecule has 55 heavy (non-hydrogen) atoms. The predicted octanol–water partition coefficient (Wildman–Crippen LogP) is 14.4. The van der Waals surface area contributed by atoms with Crippen LogP contribution >= 0.6 is 23.5 Å². The Morgan fingerprint density at radius 2 is 1.47 bits per heavy atom. The molecule has 3 heterocycles. The molecule has 3 aliphatic heterocycles. The van der Waals surface area contributed by atoms with Crippen LogP contribution in [0.2, 0.25) is 0 Å². The molecule has 0 saturated heterocycles. The van der Waals surface area contributed by atoms with E-state index in [1.165, 1.54) is 81.1 Å². The van der Waals surface area contributed by atoms with Gasteiger partial charge in [0.2, 0.25) is 0 Å². The van der Waals surface area contributed by atoms with E-state index in [-0.39, 0.29) is 11.8 Å². The number of para-hydroxylation sites is 1. The number of rotatable bonds is 4. The molecule has 0 aromatic heterocycles. The van der Waals surface area contributed by atoms with Crippen molar-refractivity contribution in [3.63, 3.8) is 0 Å². The van der Waals surface area contributed by atoms with E-state index in [1.54, 1.807) is 0 Å². The zero-order chi connectivity index (χ0) is 36.6. The van der Waals surface area contributed by atoms with Crippen molar-refractivity contribution in [2.75, 3.05) is 4.90 Å². The Morgan fingerprint density at radius 1 is 0.655 bits per heavy atom. The Morgan fingerprint density at radius 3 is 2.36 bits per heavy atom. The molecule has 3 heteroatoms. The Hall–Kier alpha value is -4.44. The van der Waals surface area contributed by atoms with Gasteiger partial charge in [0.1, 0.15) is 0 Å². The molecule has 5 unspecified atom stereocenters. The van der Waals surface area contributed by atoms with Crippen LogP contribution < -0.4 is 4.90 Å². The lowest BCUT2D eigenvalue weighted by Crippen LogP contribution is -2.40. The minimum absolute atomic E-state index is 0.229. The quantitative estimate of drug-likeness (QED) is 0.205. The number of benzene rings is 4. The van der Waals surface area contributed by atoms with Gasteiger partial charge in [0.15, 0.2) is 0 Å². The van der Waals surface area contributed by atoms with E-state index in [2.05, 4.69) is 158 Å². The molecule has 272 valence electrons. The summed E-state index contributed by atoms with van der Waals surface area (Å²) in [6, 6.07) is 33.6. The van der Waals surface area contributed by atoms with Gasteiger partial charge >= 0.3 is 0 Å². The number of hydrogen-bond donors (Lipinski definition) is 0. The van der Waals surface area contributed by atoms with Crippen LogP contribution in [0.3, 0.4) is 0 Å². The molecule has 4 aromatic carbocycles. The van der Waals surface area contributed by atoms with Gasteiger partial charge in [-0.1, -0.05) is 147 Å². The third-order valence-corrected chi connectivity index (χ3v) is 15.5. The summed E-state index contributed by atoms with van der Waals surface area (Å²) < 4.78 is 0. The highest BCUT2D eigenvalue weighted by atomic mass is 32.2. The van der Waals surface area contributed by atoms with Crippen molar-refractivity contribution in [1.29, 1.82) is 0 Å². The average Bonchev–Trinajstić information content (AvgIpc) is 3.57. The van der Waals surface area contributed by atoms with Gasteiger partial charge in [0.05, 0.1) is 0 Å². The predicted molar refractivity (Wildman–Crippen MR) is 234 cm³/mol. The van der Waals surface area contributed by atoms with Crippen LogP contribution in [0.1, 0.15) is 104 Å². The maximum Gasteiger partial charge on any atom is 0.0475 e. The largest absolute Gasteiger partial charge is 0.337 e. The summed E-state index contributed by atoms with van der Waals surface area (Å²) in [6.45, 7) is 4.85. The van der Waals surface area contributed by atoms with Crippen LogP contribution in [-0.4, -0.2) is 6.04 Å². The lowest BCUT2D eigenvalue weighted by atomic mass is 9.69. The highest BCUT2D eigenvalue weighted by molar-refractivity contribution is 8.03. The number of nitrogens with zero attached hydrogens (tertiary/aromatic N) is 1. The third kappa shape index (κ3) is 5.59. The number of thioether (sulfide) groups is 1. The first kappa shape index (κ1) is 33.9. The molecular weight excluding hydrogens is 703 g/mol. The van der Waals surface area contributed by atoms with Gasteiger partial charge < -0.3 is 4.90 Å². The standard InChI is InChI=1S/C52H47NS2/c1-32-14-12-15-35(28-32)38-21-13-25-47-50(38)51(41-20-8-11-24-46(41)54-47)49-40-19-7-10-23-45(40)55-48-31-34(26-27-42(48)49)36-29-33(2)52-43(30-36)39-18-6-9-22-44(39)53(52)37-16-4-3-5-17-37/h4,6,8-9,11-13,15-28,30-33,43,49,51-52H,3,5,7,10,14,29H2,1-2H3/t32-,33?,43?,49?,51?,52?/m1/s1. The highest BCUT2D eigenvalue weighted by Gasteiger charge is 2.45. The van der Waals surface area contributed by atoms with Crippen molar-refractivity contribution in [3.8, 4) is 0 Å². The van der Waals surface area contributed by atoms with Gasteiger partial charge in [0.25, 0.3) is 0 Å². The summed E-state index contributed by atoms with van der Waals surface area (Å²) in [4.78, 5) is 8.40. The first-order chi connectivity index (χ1) is 27.1. The highest BCUT2D eigenvalue weighted by Crippen LogP contribution is 2.61. The number of allylic oxidation sites excluding steroid dienone is 11. The van der Waals surface area contributed by atoms with E-state index < -0.39 is 0 Å². The second-order valence-corrected chi connectivity index (χ2v) is 18.8. The van der Waals surface area contributed by atoms with E-state index >= 15 is 0 Å². The zero-order valence-corrected chi connectivity index (χ0v) is 33.4. The van der Waals surface area contributed by atoms with Crippen LogP contribution in [0.25, 0.3) is 11.1 Å². The molecule has 4 aromatic rings. The van der Waals surface area contributed by atoms with Gasteiger partial charge in [-0.25, -0.2) is 0 Å². The van der Waals surface area contributed by atoms with Crippen molar-refractivity contribution >= 4 is 40.4 Å². The molecule has 1 nitrogen and oxygen atoms in total. The molecule has 4 aliphatic carbocycles. The monoisotopic (exact) mass is 749 g/mol. The van der Waals surface area contributed by atoms with E-state index in [1.807, 2.05) is 23.5 Å². The van der Waals surface area contributed by atoms with Gasteiger partial charge in [-0.3, -0.25) is 0 Å². The first-order valence-corrected chi connectivity index (χ1v) is 22.2. The normalized spacial score (nSPS) is 27.2. The van der Waals surface area contributed by atoms with Crippen molar-refractivity contribution in [1.82, 2.24) is 0 Å². The molecular formula is C52H47NS2. The van der Waals surface area contributed by atoms with E-state index in [4.69, 9.17) is 0 Å². The van der Waals surface area contributed by atoms with Crippen LogP contribution in [0, 0.1) is 11.8 Å². The van der Waals surface area contributed by atoms with Gasteiger partial charge in [-0.15, -0.1) is 0 Å². The number of fused-ring (bicyclic) bond motifs is 7. The Bertz CT molecular complexity index is 2470. The lowest BCUT2D eigenvalue weighted by Gasteiger charge is -2.41. The molecule has 0 radical (unpaired) electrons. The van der Waals surface area contributed by atoms with Crippen LogP contribution in [0.15, 0.2) is 170 Å². The summed E-state index contributed by atoms with van der Waals surface area (Å²) in [5.74, 6) is 1.94. The minimum Gasteiger partial charge on any atom is -0.337 e. The Balaban J connectivity index is 1.04. The Labute approximate surface area is 335 Å². The smallest absolute Gasteiger partial charge is 0.0475 e. The second kappa shape index (κ2) is 13.6. The molecule has 0 fully saturated rings. The van der Waals surface area contributed by atoms with Crippen molar-refractivity contribution in [2.45, 2.75) is 90.9 Å². The number of anilines is 1. The van der Waals surface area contributed by atoms with Crippen molar-refractivity contribution in [3.05, 3.63) is 189 Å². The summed E-state index contributed by atoms with van der Waals surface area (Å²) in [7, 11) is 0. The summed E-state index contributed by atoms with van der Waals surface area (Å²) in [5.41, 5.74) is 16.0. The van der Waals surface area contributed by atoms with Crippen LogP contribution in [0.4, 0.5) is 5.69 Å². The molecule has 0 bridgehead atoms. The topological polar surface area (TPSA) is 3.24 Å². The summed E-state index contributed by atoms with van der Waals surface area (Å²) >= 11 is 3.99. The minimum atomic E-state index is 0.229. The van der Waals surface area contributed by atoms with Gasteiger partial charge in [0, 0.05) is 54.8 Å². The average molecular weight is 750 g/mol. The van der Waals surface area contributed by atoms with Crippen molar-refractivity contribution in [2.24, 2.45) is 11.8 Å². The molecule has 0 saturated carbocycles. The first-order valence-electron chi connectivity index (χ1n) is 20.6. The van der Waals surface area contributed by atoms with Crippen LogP contribution in [-0.2, 0) is 0 Å². The zero-order valence-electron chi connectivity index (χ0n) is 31.7. The van der Waals surface area contributed by atoms with E-state index in [9.17, 15) is 0 Å². The van der Waals surface area contributed by atoms with Crippen LogP contribution in [0.5, 0.6) is 0 Å². The molecule has 0 amide bonds. The fourth-order valence-electron chi connectivity index (χ4n) is 10.8. The van der Waals surface area contributed by atoms with E-state index in [0.29, 0.717) is 23.8 Å². The van der Waals surface area contributed by atoms with Gasteiger partial charge in [-0.2, -0.15) is 0 Å². The molecule has 11 rings (SSSR count). The molecule has 7 aliphatic rings. The van der Waals surface area contributed by atoms with E-state index in [0.717, 1.165) is 38.5 Å². The van der Waals surface area contributed by atoms with Gasteiger partial charge in [-0.05, 0) is 131 Å². The van der Waals surface area contributed by atoms with Crippen molar-refractivity contribution < 1.29 is 0 Å². The summed E-state index contributed by atoms with van der Waals surface area (Å²) in [5, 5.41) is 0. The maximum absolute atomic E-state index is 2.68. The molecule has 6 atom stereocenters. The SMILES string of the molecule is CC1CC(c2ccc3c(c2)SC2=CCCC=C2C3C2c3ccccc3Sc3cccc(C4=C[C@H](C)CC=C4)c32)=CC2c3ccccc3N(C3=CCCC=C3)C12. The lowest BCUT2D eigenvalue weighted by molar-refractivity contribution is 0.425. The fourth-order valence-corrected chi connectivity index (χ4v) is 13.3. The number of hydrogen-bond acceptors (Lipinski definition) is 3. The molecule has 0 N–H and O–H groups in total. The fraction of sp³-hybridized carbons (Fsp3) is 0.269. The third-order valence-electron chi connectivity index (χ3n) is 13.2. The summed E-state index contributed by atoms with van der Waals surface area (Å²) in [6.07, 6.45) is 28.9. The molecule has 0 spiro atoms. The second-order valence-electron chi connectivity index (χ2n) is 16.6.